The lowest BCUT2D eigenvalue weighted by molar-refractivity contribution is 0.592. The van der Waals surface area contributed by atoms with Crippen molar-refractivity contribution in [1.29, 1.82) is 0 Å². The molecule has 4 N–H and O–H groups in total. The van der Waals surface area contributed by atoms with Gasteiger partial charge in [0.2, 0.25) is 19.9 Å². The van der Waals surface area contributed by atoms with Gasteiger partial charge in [0.1, 0.15) is 0 Å². The van der Waals surface area contributed by atoms with Gasteiger partial charge < -0.3 is 5.73 Å². The van der Waals surface area contributed by atoms with E-state index in [0.29, 0.717) is 5.56 Å². The molecule has 0 atom stereocenters. The summed E-state index contributed by atoms with van der Waals surface area (Å²) in [4.78, 5) is -0.158. The second-order valence-corrected chi connectivity index (χ2v) is 8.97. The molecule has 0 aliphatic carbocycles. The van der Waals surface area contributed by atoms with Crippen molar-refractivity contribution in [3.05, 3.63) is 46.5 Å². The number of sulfonamides is 1. The molecular formula is C14H15ClN2O4S2. The van der Waals surface area contributed by atoms with Crippen LogP contribution in [0.25, 0.3) is 0 Å². The number of nitrogens with two attached hydrogens (primary N) is 2. The summed E-state index contributed by atoms with van der Waals surface area (Å²) in [6.45, 7) is 3.08. The number of halogens is 1. The van der Waals surface area contributed by atoms with Crippen molar-refractivity contribution in [1.82, 2.24) is 0 Å². The van der Waals surface area contributed by atoms with E-state index in [1.54, 1.807) is 6.92 Å². The zero-order chi connectivity index (χ0) is 17.6. The summed E-state index contributed by atoms with van der Waals surface area (Å²) in [5.41, 5.74) is 6.63. The molecule has 0 spiro atoms. The first-order chi connectivity index (χ1) is 10.4. The van der Waals surface area contributed by atoms with Gasteiger partial charge in [-0.05, 0) is 55.3 Å². The van der Waals surface area contributed by atoms with Gasteiger partial charge in [0.25, 0.3) is 0 Å². The number of hydrogen-bond donors (Lipinski definition) is 2. The molecule has 0 radical (unpaired) electrons. The summed E-state index contributed by atoms with van der Waals surface area (Å²) in [5.74, 6) is 0. The summed E-state index contributed by atoms with van der Waals surface area (Å²) >= 11 is 5.91. The van der Waals surface area contributed by atoms with E-state index in [1.807, 2.05) is 0 Å². The number of rotatable bonds is 3. The first-order valence-corrected chi connectivity index (χ1v) is 9.79. The van der Waals surface area contributed by atoms with E-state index in [1.165, 1.54) is 37.3 Å². The second-order valence-electron chi connectivity index (χ2n) is 5.11. The second kappa shape index (κ2) is 5.79. The molecular weight excluding hydrogens is 360 g/mol. The van der Waals surface area contributed by atoms with Crippen molar-refractivity contribution in [3.63, 3.8) is 0 Å². The third kappa shape index (κ3) is 3.35. The topological polar surface area (TPSA) is 120 Å². The fraction of sp³-hybridized carbons (Fsp3) is 0.143. The number of sulfone groups is 1. The van der Waals surface area contributed by atoms with E-state index in [9.17, 15) is 16.8 Å². The van der Waals surface area contributed by atoms with Crippen LogP contribution in [-0.4, -0.2) is 16.8 Å². The van der Waals surface area contributed by atoms with Crippen LogP contribution < -0.4 is 10.9 Å². The Balaban J connectivity index is 2.66. The van der Waals surface area contributed by atoms with Gasteiger partial charge in [0.15, 0.2) is 0 Å². The minimum atomic E-state index is -3.91. The van der Waals surface area contributed by atoms with Gasteiger partial charge >= 0.3 is 0 Å². The van der Waals surface area contributed by atoms with Crippen molar-refractivity contribution in [2.45, 2.75) is 28.5 Å². The molecule has 0 heterocycles. The molecule has 0 fully saturated rings. The largest absolute Gasteiger partial charge is 0.398 e. The molecule has 0 unspecified atom stereocenters. The molecule has 0 aliphatic heterocycles. The maximum absolute atomic E-state index is 12.8. The minimum Gasteiger partial charge on any atom is -0.398 e. The van der Waals surface area contributed by atoms with E-state index in [-0.39, 0.29) is 31.0 Å². The fourth-order valence-corrected chi connectivity index (χ4v) is 4.79. The first kappa shape index (κ1) is 17.7. The highest BCUT2D eigenvalue weighted by Crippen LogP contribution is 2.31. The van der Waals surface area contributed by atoms with Crippen LogP contribution in [0.2, 0.25) is 5.02 Å². The molecule has 0 bridgehead atoms. The Hall–Kier alpha value is -1.61. The number of benzene rings is 2. The lowest BCUT2D eigenvalue weighted by Gasteiger charge is -2.11. The molecule has 2 rings (SSSR count). The van der Waals surface area contributed by atoms with Gasteiger partial charge in [0.05, 0.1) is 25.4 Å². The summed E-state index contributed by atoms with van der Waals surface area (Å²) in [6.07, 6.45) is 0. The highest BCUT2D eigenvalue weighted by Gasteiger charge is 2.23. The van der Waals surface area contributed by atoms with Gasteiger partial charge in [-0.15, -0.1) is 0 Å². The lowest BCUT2D eigenvalue weighted by atomic mass is 10.2. The Morgan fingerprint density at radius 3 is 2.00 bits per heavy atom. The number of primary sulfonamides is 1. The number of hydrogen-bond acceptors (Lipinski definition) is 5. The van der Waals surface area contributed by atoms with Crippen molar-refractivity contribution in [2.75, 3.05) is 5.73 Å². The third-order valence-corrected chi connectivity index (χ3v) is 6.64. The molecule has 23 heavy (non-hydrogen) atoms. The Bertz CT molecular complexity index is 1000. The van der Waals surface area contributed by atoms with Crippen LogP contribution in [-0.2, 0) is 19.9 Å². The van der Waals surface area contributed by atoms with Gasteiger partial charge in [-0.2, -0.15) is 0 Å². The van der Waals surface area contributed by atoms with E-state index in [2.05, 4.69) is 0 Å². The molecule has 124 valence electrons. The maximum Gasteiger partial charge on any atom is 0.238 e. The Morgan fingerprint density at radius 2 is 1.48 bits per heavy atom. The molecule has 0 saturated carbocycles. The third-order valence-electron chi connectivity index (χ3n) is 3.35. The summed E-state index contributed by atoms with van der Waals surface area (Å²) < 4.78 is 48.3. The number of nitrogen functional groups attached to an aromatic ring is 1. The predicted octanol–water partition coefficient (Wildman–Crippen LogP) is 2.02. The molecule has 2 aromatic rings. The molecule has 6 nitrogen and oxygen atoms in total. The maximum atomic E-state index is 12.8. The summed E-state index contributed by atoms with van der Waals surface area (Å²) in [5, 5.41) is 5.21. The van der Waals surface area contributed by atoms with Crippen molar-refractivity contribution >= 4 is 37.1 Å². The van der Waals surface area contributed by atoms with Crippen LogP contribution in [0.3, 0.4) is 0 Å². The van der Waals surface area contributed by atoms with E-state index in [4.69, 9.17) is 22.5 Å². The average Bonchev–Trinajstić information content (AvgIpc) is 2.41. The lowest BCUT2D eigenvalue weighted by Crippen LogP contribution is -2.14. The molecule has 0 aromatic heterocycles. The summed E-state index contributed by atoms with van der Waals surface area (Å²) in [6, 6.07) is 6.39. The average molecular weight is 375 g/mol. The minimum absolute atomic E-state index is 0.0134. The monoisotopic (exact) mass is 374 g/mol. The van der Waals surface area contributed by atoms with E-state index in [0.717, 1.165) is 0 Å². The molecule has 0 saturated heterocycles. The van der Waals surface area contributed by atoms with Gasteiger partial charge in [0, 0.05) is 0 Å². The van der Waals surface area contributed by atoms with Crippen LogP contribution in [0, 0.1) is 13.8 Å². The van der Waals surface area contributed by atoms with Crippen LogP contribution in [0.5, 0.6) is 0 Å². The Labute approximate surface area is 140 Å². The standard InChI is InChI=1S/C14H15ClN2O4S2/c1-8-5-10(3-4-13(8)23(17,20)21)22(18,19)14-7-11(15)12(16)6-9(14)2/h3-7H,16H2,1-2H3,(H2,17,20,21). The normalized spacial score (nSPS) is 12.3. The number of anilines is 1. The molecule has 9 heteroatoms. The predicted molar refractivity (Wildman–Crippen MR) is 88.6 cm³/mol. The van der Waals surface area contributed by atoms with Gasteiger partial charge in [-0.25, -0.2) is 22.0 Å². The van der Waals surface area contributed by atoms with Crippen molar-refractivity contribution < 1.29 is 16.8 Å². The Morgan fingerprint density at radius 1 is 0.913 bits per heavy atom. The van der Waals surface area contributed by atoms with Crippen LogP contribution in [0.4, 0.5) is 5.69 Å². The quantitative estimate of drug-likeness (QED) is 0.796. The Kier molecular flexibility index (Phi) is 4.46. The molecule has 2 aromatic carbocycles. The van der Waals surface area contributed by atoms with Crippen LogP contribution in [0.15, 0.2) is 45.0 Å². The summed E-state index contributed by atoms with van der Waals surface area (Å²) in [7, 11) is -7.78. The fourth-order valence-electron chi connectivity index (χ4n) is 2.21. The zero-order valence-electron chi connectivity index (χ0n) is 12.4. The number of aryl methyl sites for hydroxylation is 2. The molecule has 0 aliphatic rings. The van der Waals surface area contributed by atoms with Crippen molar-refractivity contribution in [3.8, 4) is 0 Å². The van der Waals surface area contributed by atoms with Gasteiger partial charge in [-0.1, -0.05) is 11.6 Å². The molecule has 0 amide bonds. The smallest absolute Gasteiger partial charge is 0.238 e. The van der Waals surface area contributed by atoms with Crippen molar-refractivity contribution in [2.24, 2.45) is 5.14 Å². The van der Waals surface area contributed by atoms with E-state index < -0.39 is 19.9 Å². The highest BCUT2D eigenvalue weighted by molar-refractivity contribution is 7.91. The van der Waals surface area contributed by atoms with Gasteiger partial charge in [-0.3, -0.25) is 0 Å². The van der Waals surface area contributed by atoms with E-state index >= 15 is 0 Å². The first-order valence-electron chi connectivity index (χ1n) is 6.39. The SMILES string of the molecule is Cc1cc(S(=O)(=O)c2cc(Cl)c(N)cc2C)ccc1S(N)(=O)=O. The van der Waals surface area contributed by atoms with Crippen LogP contribution >= 0.6 is 11.6 Å². The van der Waals surface area contributed by atoms with Crippen LogP contribution in [0.1, 0.15) is 11.1 Å². The zero-order valence-corrected chi connectivity index (χ0v) is 14.8. The highest BCUT2D eigenvalue weighted by atomic mass is 35.5.